The van der Waals surface area contributed by atoms with E-state index in [0.717, 1.165) is 30.8 Å². The average Bonchev–Trinajstić information content (AvgIpc) is 2.70. The van der Waals surface area contributed by atoms with Crippen LogP contribution < -0.4 is 10.2 Å². The molecule has 2 aromatic carbocycles. The number of nitrogens with one attached hydrogen (secondary N) is 1. The van der Waals surface area contributed by atoms with Crippen LogP contribution in [0.2, 0.25) is 10.0 Å². The summed E-state index contributed by atoms with van der Waals surface area (Å²) >= 11 is 12.1. The Morgan fingerprint density at radius 3 is 2.28 bits per heavy atom. The highest BCUT2D eigenvalue weighted by atomic mass is 35.5. The molecule has 3 rings (SSSR count). The maximum atomic E-state index is 12.6. The van der Waals surface area contributed by atoms with Gasteiger partial charge in [0.15, 0.2) is 0 Å². The Bertz CT molecular complexity index is 863. The van der Waals surface area contributed by atoms with Crippen LogP contribution in [-0.4, -0.2) is 42.9 Å². The molecule has 29 heavy (non-hydrogen) atoms. The first-order valence-electron chi connectivity index (χ1n) is 9.83. The number of benzene rings is 2. The van der Waals surface area contributed by atoms with Crippen LogP contribution in [0, 0.1) is 0 Å². The van der Waals surface area contributed by atoms with E-state index < -0.39 is 0 Å². The van der Waals surface area contributed by atoms with Crippen LogP contribution in [0.1, 0.15) is 25.3 Å². The molecule has 1 aliphatic heterocycles. The Morgan fingerprint density at radius 2 is 1.62 bits per heavy atom. The van der Waals surface area contributed by atoms with Gasteiger partial charge in [-0.15, -0.1) is 0 Å². The van der Waals surface area contributed by atoms with Gasteiger partial charge in [0.2, 0.25) is 11.8 Å². The lowest BCUT2D eigenvalue weighted by atomic mass is 10.1. The van der Waals surface area contributed by atoms with Gasteiger partial charge in [0.05, 0.1) is 17.8 Å². The highest BCUT2D eigenvalue weighted by Gasteiger charge is 2.22. The number of hydrogen-bond donors (Lipinski definition) is 1. The van der Waals surface area contributed by atoms with Gasteiger partial charge < -0.3 is 15.1 Å². The fraction of sp³-hybridized carbons (Fsp3) is 0.364. The van der Waals surface area contributed by atoms with Crippen LogP contribution in [0.25, 0.3) is 0 Å². The molecule has 1 saturated heterocycles. The predicted octanol–water partition coefficient (Wildman–Crippen LogP) is 4.62. The summed E-state index contributed by atoms with van der Waals surface area (Å²) in [6.45, 7) is 4.81. The van der Waals surface area contributed by atoms with Gasteiger partial charge in [0.25, 0.3) is 0 Å². The second kappa shape index (κ2) is 9.99. The Hall–Kier alpha value is -2.24. The van der Waals surface area contributed by atoms with E-state index in [-0.39, 0.29) is 18.2 Å². The lowest BCUT2D eigenvalue weighted by molar-refractivity contribution is -0.131. The number of rotatable bonds is 6. The summed E-state index contributed by atoms with van der Waals surface area (Å²) in [5.74, 6) is 0.0901. The normalized spacial score (nSPS) is 14.0. The summed E-state index contributed by atoms with van der Waals surface area (Å²) in [7, 11) is 0. The summed E-state index contributed by atoms with van der Waals surface area (Å²) in [6.07, 6.45) is 1.70. The second-order valence-electron chi connectivity index (χ2n) is 7.13. The van der Waals surface area contributed by atoms with Gasteiger partial charge in [0, 0.05) is 42.6 Å². The Labute approximate surface area is 181 Å². The Morgan fingerprint density at radius 1 is 0.966 bits per heavy atom. The van der Waals surface area contributed by atoms with Gasteiger partial charge >= 0.3 is 0 Å². The number of piperazine rings is 1. The number of amides is 2. The number of carbonyl (C=O) groups is 2. The Kier molecular flexibility index (Phi) is 7.40. The van der Waals surface area contributed by atoms with E-state index in [9.17, 15) is 9.59 Å². The quantitative estimate of drug-likeness (QED) is 0.722. The van der Waals surface area contributed by atoms with Gasteiger partial charge in [-0.2, -0.15) is 0 Å². The fourth-order valence-corrected chi connectivity index (χ4v) is 3.73. The van der Waals surface area contributed by atoms with Crippen LogP contribution in [-0.2, 0) is 16.0 Å². The molecule has 0 radical (unpaired) electrons. The third kappa shape index (κ3) is 5.87. The molecule has 7 heteroatoms. The minimum Gasteiger partial charge on any atom is -0.366 e. The van der Waals surface area contributed by atoms with Crippen molar-refractivity contribution in [2.24, 2.45) is 0 Å². The van der Waals surface area contributed by atoms with Gasteiger partial charge in [0.1, 0.15) is 0 Å². The summed E-state index contributed by atoms with van der Waals surface area (Å²) in [4.78, 5) is 28.8. The zero-order chi connectivity index (χ0) is 20.8. The van der Waals surface area contributed by atoms with Crippen molar-refractivity contribution < 1.29 is 9.59 Å². The Balaban J connectivity index is 1.67. The molecule has 2 aromatic rings. The van der Waals surface area contributed by atoms with Crippen molar-refractivity contribution in [3.63, 3.8) is 0 Å². The van der Waals surface area contributed by atoms with Crippen molar-refractivity contribution in [1.82, 2.24) is 4.90 Å². The molecule has 154 valence electrons. The molecular formula is C22H25Cl2N3O2. The smallest absolute Gasteiger partial charge is 0.228 e. The summed E-state index contributed by atoms with van der Waals surface area (Å²) in [5.41, 5.74) is 2.49. The molecule has 0 aliphatic carbocycles. The van der Waals surface area contributed by atoms with E-state index in [0.29, 0.717) is 35.2 Å². The third-order valence-electron chi connectivity index (χ3n) is 4.95. The van der Waals surface area contributed by atoms with Crippen LogP contribution in [0.4, 0.5) is 11.4 Å². The molecule has 1 heterocycles. The van der Waals surface area contributed by atoms with E-state index in [1.165, 1.54) is 0 Å². The van der Waals surface area contributed by atoms with Crippen LogP contribution in [0.15, 0.2) is 42.5 Å². The number of halogens is 2. The molecule has 0 atom stereocenters. The first-order chi connectivity index (χ1) is 14.0. The lowest BCUT2D eigenvalue weighted by Crippen LogP contribution is -2.48. The molecule has 0 unspecified atom stereocenters. The topological polar surface area (TPSA) is 52.7 Å². The van der Waals surface area contributed by atoms with E-state index in [2.05, 4.69) is 10.2 Å². The summed E-state index contributed by atoms with van der Waals surface area (Å²) < 4.78 is 0. The van der Waals surface area contributed by atoms with Gasteiger partial charge in [-0.05, 0) is 42.3 Å². The maximum Gasteiger partial charge on any atom is 0.228 e. The van der Waals surface area contributed by atoms with Crippen molar-refractivity contribution in [3.8, 4) is 0 Å². The summed E-state index contributed by atoms with van der Waals surface area (Å²) in [6, 6.07) is 12.7. The van der Waals surface area contributed by atoms with Crippen molar-refractivity contribution in [3.05, 3.63) is 58.1 Å². The third-order valence-corrected chi connectivity index (χ3v) is 5.43. The second-order valence-corrected chi connectivity index (χ2v) is 8.00. The molecule has 5 nitrogen and oxygen atoms in total. The lowest BCUT2D eigenvalue weighted by Gasteiger charge is -2.37. The highest BCUT2D eigenvalue weighted by Crippen LogP contribution is 2.30. The molecule has 1 N–H and O–H groups in total. The zero-order valence-corrected chi connectivity index (χ0v) is 18.0. The molecular weight excluding hydrogens is 409 g/mol. The zero-order valence-electron chi connectivity index (χ0n) is 16.5. The van der Waals surface area contributed by atoms with Crippen LogP contribution in [0.3, 0.4) is 0 Å². The predicted molar refractivity (Wildman–Crippen MR) is 119 cm³/mol. The van der Waals surface area contributed by atoms with Gasteiger partial charge in [-0.1, -0.05) is 42.3 Å². The van der Waals surface area contributed by atoms with Gasteiger partial charge in [-0.25, -0.2) is 0 Å². The number of nitrogens with zero attached hydrogens (tertiary/aromatic N) is 2. The molecule has 2 amide bonds. The monoisotopic (exact) mass is 433 g/mol. The largest absolute Gasteiger partial charge is 0.366 e. The van der Waals surface area contributed by atoms with Crippen molar-refractivity contribution in [2.45, 2.75) is 26.2 Å². The average molecular weight is 434 g/mol. The highest BCUT2D eigenvalue weighted by molar-refractivity contribution is 6.31. The molecule has 0 bridgehead atoms. The molecule has 1 fully saturated rings. The molecule has 0 saturated carbocycles. The number of anilines is 2. The first-order valence-corrected chi connectivity index (χ1v) is 10.6. The van der Waals surface area contributed by atoms with E-state index in [4.69, 9.17) is 23.2 Å². The first kappa shape index (κ1) is 21.5. The van der Waals surface area contributed by atoms with Gasteiger partial charge in [-0.3, -0.25) is 9.59 Å². The van der Waals surface area contributed by atoms with Crippen LogP contribution >= 0.6 is 23.2 Å². The number of hydrogen-bond acceptors (Lipinski definition) is 3. The van der Waals surface area contributed by atoms with Crippen molar-refractivity contribution in [1.29, 1.82) is 0 Å². The maximum absolute atomic E-state index is 12.6. The van der Waals surface area contributed by atoms with E-state index in [1.807, 2.05) is 36.1 Å². The van der Waals surface area contributed by atoms with Crippen molar-refractivity contribution in [2.75, 3.05) is 36.4 Å². The van der Waals surface area contributed by atoms with E-state index >= 15 is 0 Å². The molecule has 0 spiro atoms. The minimum absolute atomic E-state index is 0.118. The van der Waals surface area contributed by atoms with Crippen molar-refractivity contribution >= 4 is 46.4 Å². The minimum atomic E-state index is -0.118. The number of carbonyl (C=O) groups excluding carboxylic acids is 2. The summed E-state index contributed by atoms with van der Waals surface area (Å²) in [5, 5.41) is 4.19. The van der Waals surface area contributed by atoms with Crippen LogP contribution in [0.5, 0.6) is 0 Å². The standard InChI is InChI=1S/C22H25Cl2N3O2/c1-2-3-22(29)27-12-10-26(11-13-27)20-9-8-18(24)15-19(20)25-21(28)14-16-4-6-17(23)7-5-16/h4-9,15H,2-3,10-14H2,1H3,(H,25,28). The molecule has 0 aromatic heterocycles. The van der Waals surface area contributed by atoms with E-state index in [1.54, 1.807) is 18.2 Å². The SMILES string of the molecule is CCCC(=O)N1CCN(c2ccc(Cl)cc2NC(=O)Cc2ccc(Cl)cc2)CC1. The fourth-order valence-electron chi connectivity index (χ4n) is 3.43. The molecule has 1 aliphatic rings.